The van der Waals surface area contributed by atoms with E-state index in [9.17, 15) is 85.3 Å². The van der Waals surface area contributed by atoms with Gasteiger partial charge in [-0.1, -0.05) is 32.3 Å². The molecule has 88 heavy (non-hydrogen) atoms. The van der Waals surface area contributed by atoms with Crippen LogP contribution in [0.1, 0.15) is 89.9 Å². The molecule has 0 radical (unpaired) electrons. The molecule has 6 rings (SSSR count). The predicted molar refractivity (Wildman–Crippen MR) is 296 cm³/mol. The maximum absolute atomic E-state index is 13.9. The molecule has 5 amide bonds. The average molecular weight is 1260 g/mol. The van der Waals surface area contributed by atoms with Crippen LogP contribution in [0, 0.1) is 11.8 Å². The Kier molecular flexibility index (Phi) is 28.3. The second-order valence-corrected chi connectivity index (χ2v) is 22.0. The van der Waals surface area contributed by atoms with Gasteiger partial charge in [0.25, 0.3) is 5.91 Å². The molecular weight excluding hydrogens is 1170 g/mol. The molecule has 5 aliphatic rings. The smallest absolute Gasteiger partial charge is 0.251 e. The van der Waals surface area contributed by atoms with Gasteiger partial charge in [-0.15, -0.1) is 11.8 Å². The molecular formula is C56H87N5O27. The quantitative estimate of drug-likeness (QED) is 0.0288. The van der Waals surface area contributed by atoms with E-state index in [2.05, 4.69) is 45.3 Å². The number of hydrogen-bond donors (Lipinski definition) is 17. The number of ether oxygens (including phenoxy) is 10. The highest BCUT2D eigenvalue weighted by molar-refractivity contribution is 5.94. The lowest BCUT2D eigenvalue weighted by Gasteiger charge is -2.51. The van der Waals surface area contributed by atoms with Gasteiger partial charge in [-0.3, -0.25) is 24.0 Å². The van der Waals surface area contributed by atoms with E-state index in [0.717, 1.165) is 53.4 Å². The maximum Gasteiger partial charge on any atom is 0.251 e. The number of benzene rings is 1. The summed E-state index contributed by atoms with van der Waals surface area (Å²) < 4.78 is 59.8. The molecule has 1 aromatic rings. The van der Waals surface area contributed by atoms with Gasteiger partial charge >= 0.3 is 0 Å². The fourth-order valence-electron chi connectivity index (χ4n) is 11.0. The molecule has 1 aromatic carbocycles. The van der Waals surface area contributed by atoms with E-state index in [1.165, 1.54) is 18.6 Å². The molecule has 32 heteroatoms. The van der Waals surface area contributed by atoms with Gasteiger partial charge in [0.2, 0.25) is 23.6 Å². The van der Waals surface area contributed by atoms with Crippen molar-refractivity contribution in [2.45, 2.75) is 233 Å². The molecule has 5 aliphatic heterocycles. The van der Waals surface area contributed by atoms with Crippen molar-refractivity contribution in [1.29, 1.82) is 0 Å². The third-order valence-electron chi connectivity index (χ3n) is 15.3. The largest absolute Gasteiger partial charge is 0.494 e. The molecule has 0 aliphatic carbocycles. The van der Waals surface area contributed by atoms with Crippen molar-refractivity contribution in [3.05, 3.63) is 29.8 Å². The first-order valence-electron chi connectivity index (χ1n) is 29.3. The molecule has 32 nitrogen and oxygen atoms in total. The lowest BCUT2D eigenvalue weighted by atomic mass is 9.93. The third kappa shape index (κ3) is 18.6. The van der Waals surface area contributed by atoms with Gasteiger partial charge in [0.05, 0.1) is 39.6 Å². The molecule has 5 saturated heterocycles. The van der Waals surface area contributed by atoms with Crippen LogP contribution in [0.25, 0.3) is 0 Å². The molecule has 5 heterocycles. The molecule has 0 saturated carbocycles. The Morgan fingerprint density at radius 3 is 1.24 bits per heavy atom. The molecule has 0 aromatic heterocycles. The summed E-state index contributed by atoms with van der Waals surface area (Å²) in [6.45, 7) is 1.92. The van der Waals surface area contributed by atoms with Gasteiger partial charge < -0.3 is 135 Å². The Balaban J connectivity index is 1.18. The minimum Gasteiger partial charge on any atom is -0.494 e. The summed E-state index contributed by atoms with van der Waals surface area (Å²) in [6.07, 6.45) is -29.4. The van der Waals surface area contributed by atoms with Crippen LogP contribution >= 0.6 is 0 Å². The van der Waals surface area contributed by atoms with Crippen LogP contribution in [-0.4, -0.2) is 284 Å². The minimum atomic E-state index is -2.03. The second kappa shape index (κ2) is 34.5. The maximum atomic E-state index is 13.9. The Morgan fingerprint density at radius 2 is 0.830 bits per heavy atom. The highest BCUT2D eigenvalue weighted by atomic mass is 16.8. The van der Waals surface area contributed by atoms with Crippen molar-refractivity contribution in [1.82, 2.24) is 26.6 Å². The molecule has 10 unspecified atom stereocenters. The Morgan fingerprint density at radius 1 is 0.455 bits per heavy atom. The number of carbonyl (C=O) groups excluding carboxylic acids is 5. The summed E-state index contributed by atoms with van der Waals surface area (Å²) in [5.74, 6) is 2.72. The number of aliphatic hydroxyl groups is 12. The summed E-state index contributed by atoms with van der Waals surface area (Å²) in [5, 5.41) is 145. The average Bonchev–Trinajstić information content (AvgIpc) is 1.44. The van der Waals surface area contributed by atoms with Crippen LogP contribution in [0.15, 0.2) is 24.3 Å². The number of unbranched alkanes of at least 4 members (excludes halogenated alkanes) is 5. The van der Waals surface area contributed by atoms with Gasteiger partial charge in [-0.25, -0.2) is 0 Å². The fraction of sp³-hybridized carbons (Fsp3) is 0.768. The Bertz CT molecular complexity index is 2460. The number of rotatable bonds is 27. The summed E-state index contributed by atoms with van der Waals surface area (Å²) in [4.78, 5) is 64.1. The fourth-order valence-corrected chi connectivity index (χ4v) is 11.0. The van der Waals surface area contributed by atoms with Crippen molar-refractivity contribution in [2.24, 2.45) is 0 Å². The molecule has 0 spiro atoms. The highest BCUT2D eigenvalue weighted by Crippen LogP contribution is 2.36. The molecule has 498 valence electrons. The van der Waals surface area contributed by atoms with Crippen LogP contribution in [0.2, 0.25) is 0 Å². The van der Waals surface area contributed by atoms with E-state index in [4.69, 9.17) is 47.4 Å². The monoisotopic (exact) mass is 1260 g/mol. The van der Waals surface area contributed by atoms with Crippen molar-refractivity contribution in [3.8, 4) is 17.6 Å². The second-order valence-electron chi connectivity index (χ2n) is 22.0. The Hall–Kier alpha value is -4.91. The van der Waals surface area contributed by atoms with E-state index in [1.807, 2.05) is 0 Å². The lowest BCUT2D eigenvalue weighted by Crippen LogP contribution is -2.72. The van der Waals surface area contributed by atoms with Crippen LogP contribution in [-0.2, 0) is 61.8 Å². The summed E-state index contributed by atoms with van der Waals surface area (Å²) in [7, 11) is 0. The first-order valence-corrected chi connectivity index (χ1v) is 29.3. The predicted octanol–water partition coefficient (Wildman–Crippen LogP) is -6.78. The number of nitrogens with one attached hydrogen (secondary N) is 5. The van der Waals surface area contributed by atoms with Gasteiger partial charge in [0, 0.05) is 46.1 Å². The summed E-state index contributed by atoms with van der Waals surface area (Å²) in [6, 6.07) is -2.26. The number of aliphatic hydroxyl groups excluding tert-OH is 12. The van der Waals surface area contributed by atoms with E-state index in [1.54, 1.807) is 12.1 Å². The van der Waals surface area contributed by atoms with Crippen LogP contribution in [0.5, 0.6) is 5.75 Å². The van der Waals surface area contributed by atoms with Crippen LogP contribution < -0.4 is 31.3 Å². The van der Waals surface area contributed by atoms with Crippen molar-refractivity contribution in [2.75, 3.05) is 39.6 Å². The molecule has 5 fully saturated rings. The lowest BCUT2D eigenvalue weighted by molar-refractivity contribution is -0.367. The normalized spacial score (nSPS) is 37.5. The number of hydrogen-bond acceptors (Lipinski definition) is 27. The van der Waals surface area contributed by atoms with Crippen molar-refractivity contribution in [3.63, 3.8) is 0 Å². The topological polar surface area (TPSA) is 481 Å². The standard InChI is InChI=1S/C56H87N5O27/c1-6-7-8-9-10-11-12-13-14-18-79-30-17-15-16-29(19-30)51(77)61-37-42(72)41(71)31(20-62)81-53(37)86-48-33(22-64)83-55(39(44(48)74)59-27(4)69)88-50-35(24-66)84-56(40(46(50)76)60-28(5)70)87-49-34(23-65)82-54(38(45(49)75)58-26(3)68)85-47-32(21-63)80-52(78)36(43(47)73)57-25(2)67/h15-17,19,31-50,52-56,62-66,71-76,78H,6-10,13-14,18,20-24H2,1-5H3,(H,57,67)(H,58,68)(H,59,69)(H,60,70)(H,61,77)/t31?,32?,33-,34-,35?,36-,37?,38?,39?,40-,41+,42+,43+,44?,45?,46+,47?,48+,49+,50?,52+,53-,54-,55-,56-/m0/s1. The highest BCUT2D eigenvalue weighted by Gasteiger charge is 2.58. The van der Waals surface area contributed by atoms with Gasteiger partial charge in [-0.05, 0) is 31.0 Å². The number of carbonyl (C=O) groups is 5. The first-order chi connectivity index (χ1) is 42.0. The summed E-state index contributed by atoms with van der Waals surface area (Å²) >= 11 is 0. The zero-order chi connectivity index (χ0) is 64.5. The summed E-state index contributed by atoms with van der Waals surface area (Å²) in [5.41, 5.74) is 0.0436. The molecule has 25 atom stereocenters. The third-order valence-corrected chi connectivity index (χ3v) is 15.3. The minimum absolute atomic E-state index is 0.0436. The Labute approximate surface area is 507 Å². The van der Waals surface area contributed by atoms with Crippen LogP contribution in [0.3, 0.4) is 0 Å². The van der Waals surface area contributed by atoms with Crippen LogP contribution in [0.4, 0.5) is 0 Å². The SMILES string of the molecule is CCCCCCC#CCCCOc1cccc(C(=O)NC2[C@H](O[C@H]3C(O)C(NC(C)=O)[C@H](OC4C(CO)O[C@@H](O[C@H]5C(O)C(NC(C)=O)[C@H](OC6C(CO)O[C@@H](O)[C@@H](NC(C)=O)[C@H]6O)O[C@H]5CO)[C@@H](NC(C)=O)[C@H]4O)O[C@H]3CO)OC(CO)[C@@H](O)[C@@H]2O)c1. The number of amides is 5. The van der Waals surface area contributed by atoms with Gasteiger partial charge in [0.15, 0.2) is 31.5 Å². The van der Waals surface area contributed by atoms with E-state index in [0.29, 0.717) is 25.2 Å². The van der Waals surface area contributed by atoms with E-state index in [-0.39, 0.29) is 5.56 Å². The van der Waals surface area contributed by atoms with E-state index >= 15 is 0 Å². The molecule has 17 N–H and O–H groups in total. The first kappa shape index (κ1) is 72.2. The zero-order valence-electron chi connectivity index (χ0n) is 49.4. The van der Waals surface area contributed by atoms with Gasteiger partial charge in [0.1, 0.15) is 128 Å². The van der Waals surface area contributed by atoms with E-state index < -0.39 is 216 Å². The van der Waals surface area contributed by atoms with Gasteiger partial charge in [-0.2, -0.15) is 0 Å². The molecule has 0 bridgehead atoms. The zero-order valence-corrected chi connectivity index (χ0v) is 49.4. The van der Waals surface area contributed by atoms with Crippen molar-refractivity contribution < 1.29 is 133 Å². The van der Waals surface area contributed by atoms with Crippen molar-refractivity contribution >= 4 is 29.5 Å².